The molecule has 2 heterocycles. The van der Waals surface area contributed by atoms with E-state index in [1.807, 2.05) is 12.1 Å². The first kappa shape index (κ1) is 15.3. The molecule has 1 aromatic carbocycles. The highest BCUT2D eigenvalue weighted by Crippen LogP contribution is 2.21. The summed E-state index contributed by atoms with van der Waals surface area (Å²) in [6, 6.07) is 8.20. The number of hydrogen-bond acceptors (Lipinski definition) is 4. The quantitative estimate of drug-likeness (QED) is 0.833. The maximum atomic E-state index is 5.99. The summed E-state index contributed by atoms with van der Waals surface area (Å²) in [4.78, 5) is 12.6. The fraction of sp³-hybridized carbons (Fsp3) is 0.588. The van der Waals surface area contributed by atoms with Crippen molar-refractivity contribution in [2.75, 3.05) is 45.2 Å². The molecule has 120 valence electrons. The highest BCUT2D eigenvalue weighted by Gasteiger charge is 2.21. The number of hydrogen-bond donors (Lipinski definition) is 1. The second-order valence-corrected chi connectivity index (χ2v) is 6.29. The van der Waals surface area contributed by atoms with E-state index in [0.717, 1.165) is 62.5 Å². The van der Waals surface area contributed by atoms with Gasteiger partial charge in [0.25, 0.3) is 0 Å². The highest BCUT2D eigenvalue weighted by atomic mass is 16.5. The number of imidazole rings is 1. The third-order valence-corrected chi connectivity index (χ3v) is 4.22. The van der Waals surface area contributed by atoms with Crippen LogP contribution in [0.3, 0.4) is 0 Å². The Kier molecular flexibility index (Phi) is 4.95. The molecule has 0 radical (unpaired) electrons. The van der Waals surface area contributed by atoms with Crippen molar-refractivity contribution in [2.45, 2.75) is 25.4 Å². The van der Waals surface area contributed by atoms with Gasteiger partial charge in [-0.25, -0.2) is 4.98 Å². The number of piperidine rings is 1. The Balaban J connectivity index is 1.47. The van der Waals surface area contributed by atoms with Crippen LogP contribution in [0, 0.1) is 0 Å². The average Bonchev–Trinajstić information content (AvgIpc) is 2.96. The average molecular weight is 302 g/mol. The molecular weight excluding hydrogens is 276 g/mol. The van der Waals surface area contributed by atoms with Crippen LogP contribution < -0.4 is 4.90 Å². The number of rotatable bonds is 6. The molecule has 1 aliphatic rings. The van der Waals surface area contributed by atoms with Gasteiger partial charge >= 0.3 is 0 Å². The lowest BCUT2D eigenvalue weighted by Gasteiger charge is -2.31. The number of benzene rings is 1. The molecule has 0 atom stereocenters. The number of nitrogens with one attached hydrogen (secondary N) is 1. The normalized spacial score (nSPS) is 16.8. The Morgan fingerprint density at radius 2 is 2.05 bits per heavy atom. The van der Waals surface area contributed by atoms with Crippen LogP contribution in [0.2, 0.25) is 0 Å². The van der Waals surface area contributed by atoms with Crippen LogP contribution >= 0.6 is 0 Å². The molecule has 3 rings (SSSR count). The number of anilines is 1. The van der Waals surface area contributed by atoms with Gasteiger partial charge in [0.1, 0.15) is 0 Å². The molecule has 0 unspecified atom stereocenters. The summed E-state index contributed by atoms with van der Waals surface area (Å²) in [7, 11) is 4.21. The van der Waals surface area contributed by atoms with Crippen molar-refractivity contribution in [2.24, 2.45) is 0 Å². The number of nitrogens with zero attached hydrogens (tertiary/aromatic N) is 3. The van der Waals surface area contributed by atoms with Crippen LogP contribution in [-0.2, 0) is 4.74 Å². The predicted octanol–water partition coefficient (Wildman–Crippen LogP) is 2.50. The number of aromatic nitrogens is 2. The number of fused-ring (bicyclic) bond motifs is 1. The lowest BCUT2D eigenvalue weighted by molar-refractivity contribution is 0.0331. The van der Waals surface area contributed by atoms with E-state index in [-0.39, 0.29) is 0 Å². The standard InChI is InChI=1S/C17H26N4O/c1-20(2)10-5-13-22-14-8-11-21(12-9-14)17-18-15-6-3-4-7-16(15)19-17/h3-4,6-7,14H,5,8-13H2,1-2H3,(H,18,19). The van der Waals surface area contributed by atoms with E-state index in [1.54, 1.807) is 0 Å². The molecular formula is C17H26N4O. The van der Waals surface area contributed by atoms with Gasteiger partial charge < -0.3 is 19.5 Å². The lowest BCUT2D eigenvalue weighted by atomic mass is 10.1. The van der Waals surface area contributed by atoms with Crippen molar-refractivity contribution < 1.29 is 4.74 Å². The lowest BCUT2D eigenvalue weighted by Crippen LogP contribution is -2.37. The van der Waals surface area contributed by atoms with E-state index in [0.29, 0.717) is 6.10 Å². The van der Waals surface area contributed by atoms with E-state index < -0.39 is 0 Å². The Morgan fingerprint density at radius 1 is 1.27 bits per heavy atom. The fourth-order valence-corrected chi connectivity index (χ4v) is 2.95. The topological polar surface area (TPSA) is 44.4 Å². The monoisotopic (exact) mass is 302 g/mol. The molecule has 0 spiro atoms. The number of para-hydroxylation sites is 2. The van der Waals surface area contributed by atoms with Gasteiger partial charge in [-0.05, 0) is 52.0 Å². The van der Waals surface area contributed by atoms with Crippen LogP contribution in [-0.4, -0.2) is 61.3 Å². The second kappa shape index (κ2) is 7.11. The third-order valence-electron chi connectivity index (χ3n) is 4.22. The summed E-state index contributed by atoms with van der Waals surface area (Å²) < 4.78 is 5.99. The predicted molar refractivity (Wildman–Crippen MR) is 90.5 cm³/mol. The molecule has 0 amide bonds. The van der Waals surface area contributed by atoms with Crippen LogP contribution in [0.15, 0.2) is 24.3 Å². The first-order valence-corrected chi connectivity index (χ1v) is 8.18. The maximum absolute atomic E-state index is 5.99. The van der Waals surface area contributed by atoms with Gasteiger partial charge in [-0.3, -0.25) is 0 Å². The van der Waals surface area contributed by atoms with Crippen LogP contribution in [0.5, 0.6) is 0 Å². The van der Waals surface area contributed by atoms with E-state index in [1.165, 1.54) is 0 Å². The third kappa shape index (κ3) is 3.78. The summed E-state index contributed by atoms with van der Waals surface area (Å²) >= 11 is 0. The van der Waals surface area contributed by atoms with Gasteiger partial charge in [0.15, 0.2) is 0 Å². The van der Waals surface area contributed by atoms with Crippen LogP contribution in [0.1, 0.15) is 19.3 Å². The molecule has 22 heavy (non-hydrogen) atoms. The van der Waals surface area contributed by atoms with Crippen LogP contribution in [0.4, 0.5) is 5.95 Å². The first-order valence-electron chi connectivity index (χ1n) is 8.18. The fourth-order valence-electron chi connectivity index (χ4n) is 2.95. The summed E-state index contributed by atoms with van der Waals surface area (Å²) in [5.74, 6) is 0.993. The smallest absolute Gasteiger partial charge is 0.203 e. The van der Waals surface area contributed by atoms with Gasteiger partial charge in [0.2, 0.25) is 5.95 Å². The SMILES string of the molecule is CN(C)CCCOC1CCN(c2nc3ccccc3[nH]2)CC1. The van der Waals surface area contributed by atoms with Crippen LogP contribution in [0.25, 0.3) is 11.0 Å². The van der Waals surface area contributed by atoms with E-state index in [9.17, 15) is 0 Å². The summed E-state index contributed by atoms with van der Waals surface area (Å²) in [5, 5.41) is 0. The molecule has 0 aliphatic carbocycles. The highest BCUT2D eigenvalue weighted by molar-refractivity contribution is 5.77. The molecule has 5 heteroatoms. The Labute approximate surface area is 132 Å². The molecule has 0 saturated carbocycles. The van der Waals surface area contributed by atoms with E-state index in [4.69, 9.17) is 4.74 Å². The number of H-pyrrole nitrogens is 1. The van der Waals surface area contributed by atoms with Gasteiger partial charge in [0, 0.05) is 19.7 Å². The molecule has 1 fully saturated rings. The zero-order valence-corrected chi connectivity index (χ0v) is 13.6. The first-order chi connectivity index (χ1) is 10.7. The van der Waals surface area contributed by atoms with E-state index in [2.05, 4.69) is 46.0 Å². The summed E-state index contributed by atoms with van der Waals surface area (Å²) in [6.45, 7) is 3.99. The molecule has 0 bridgehead atoms. The Morgan fingerprint density at radius 3 is 2.77 bits per heavy atom. The van der Waals surface area contributed by atoms with Crippen molar-refractivity contribution >= 4 is 17.0 Å². The minimum atomic E-state index is 0.405. The van der Waals surface area contributed by atoms with Crippen molar-refractivity contribution in [1.82, 2.24) is 14.9 Å². The molecule has 1 aromatic heterocycles. The Hall–Kier alpha value is -1.59. The van der Waals surface area contributed by atoms with Gasteiger partial charge in [-0.2, -0.15) is 0 Å². The van der Waals surface area contributed by atoms with Crippen molar-refractivity contribution in [1.29, 1.82) is 0 Å². The van der Waals surface area contributed by atoms with Gasteiger partial charge in [-0.15, -0.1) is 0 Å². The maximum Gasteiger partial charge on any atom is 0.203 e. The molecule has 2 aromatic rings. The van der Waals surface area contributed by atoms with Gasteiger partial charge in [-0.1, -0.05) is 12.1 Å². The van der Waals surface area contributed by atoms with Gasteiger partial charge in [0.05, 0.1) is 17.1 Å². The second-order valence-electron chi connectivity index (χ2n) is 6.29. The Bertz CT molecular complexity index is 554. The van der Waals surface area contributed by atoms with Crippen molar-refractivity contribution in [3.63, 3.8) is 0 Å². The minimum absolute atomic E-state index is 0.405. The van der Waals surface area contributed by atoms with Crippen molar-refractivity contribution in [3.05, 3.63) is 24.3 Å². The zero-order chi connectivity index (χ0) is 15.4. The molecule has 1 aliphatic heterocycles. The van der Waals surface area contributed by atoms with Crippen molar-refractivity contribution in [3.8, 4) is 0 Å². The minimum Gasteiger partial charge on any atom is -0.378 e. The zero-order valence-electron chi connectivity index (χ0n) is 13.6. The molecule has 5 nitrogen and oxygen atoms in total. The van der Waals surface area contributed by atoms with E-state index >= 15 is 0 Å². The summed E-state index contributed by atoms with van der Waals surface area (Å²) in [6.07, 6.45) is 3.68. The number of ether oxygens (including phenoxy) is 1. The largest absolute Gasteiger partial charge is 0.378 e. The molecule has 1 saturated heterocycles. The summed E-state index contributed by atoms with van der Waals surface area (Å²) in [5.41, 5.74) is 2.15. The number of aromatic amines is 1. The molecule has 1 N–H and O–H groups in total.